The molecule has 1 aliphatic carbocycles. The van der Waals surface area contributed by atoms with Crippen LogP contribution < -0.4 is 19.1 Å². The van der Waals surface area contributed by atoms with E-state index in [9.17, 15) is 4.79 Å². The quantitative estimate of drug-likeness (QED) is 0.445. The number of methoxy groups -OCH3 is 1. The number of carbonyl (C=O) groups excluding carboxylic acids is 1. The Balaban J connectivity index is 1.29. The number of ether oxygens (including phenoxy) is 3. The highest BCUT2D eigenvalue weighted by molar-refractivity contribution is 5.96. The molecule has 1 amide bonds. The minimum atomic E-state index is 0.0817. The van der Waals surface area contributed by atoms with Gasteiger partial charge in [-0.3, -0.25) is 9.78 Å². The predicted molar refractivity (Wildman–Crippen MR) is 131 cm³/mol. The molecule has 34 heavy (non-hydrogen) atoms. The van der Waals surface area contributed by atoms with Gasteiger partial charge in [0.05, 0.1) is 31.3 Å². The van der Waals surface area contributed by atoms with Gasteiger partial charge in [0.15, 0.2) is 11.5 Å². The van der Waals surface area contributed by atoms with Crippen LogP contribution in [0.3, 0.4) is 0 Å². The minimum Gasteiger partial charge on any atom is -0.493 e. The van der Waals surface area contributed by atoms with Crippen LogP contribution in [0.1, 0.15) is 49.1 Å². The van der Waals surface area contributed by atoms with Gasteiger partial charge in [-0.15, -0.1) is 0 Å². The zero-order valence-corrected chi connectivity index (χ0v) is 19.5. The van der Waals surface area contributed by atoms with Gasteiger partial charge in [-0.25, -0.2) is 0 Å². The summed E-state index contributed by atoms with van der Waals surface area (Å²) in [5.41, 5.74) is 2.93. The summed E-state index contributed by atoms with van der Waals surface area (Å²) in [6, 6.07) is 17.9. The summed E-state index contributed by atoms with van der Waals surface area (Å²) in [5.74, 6) is 2.33. The van der Waals surface area contributed by atoms with Crippen LogP contribution in [-0.4, -0.2) is 30.6 Å². The Hall–Kier alpha value is -3.54. The molecule has 2 heterocycles. The molecule has 1 aromatic heterocycles. The molecule has 176 valence electrons. The first-order valence-corrected chi connectivity index (χ1v) is 12.0. The lowest BCUT2D eigenvalue weighted by Gasteiger charge is -2.19. The number of aromatic nitrogens is 1. The molecule has 0 N–H and O–H groups in total. The van der Waals surface area contributed by atoms with Crippen LogP contribution in [0.4, 0.5) is 5.69 Å². The van der Waals surface area contributed by atoms with Gasteiger partial charge in [0.25, 0.3) is 0 Å². The third-order valence-electron chi connectivity index (χ3n) is 6.64. The normalized spacial score (nSPS) is 18.3. The number of anilines is 1. The first kappa shape index (κ1) is 22.3. The largest absolute Gasteiger partial charge is 0.493 e. The standard InChI is InChI=1S/C28H30N2O4/c1-32-26-12-11-21(13-27(26)34-24-9-5-6-10-24)22-14-28(31)30(18-22)23-15-25(17-29-16-23)33-19-20-7-3-2-4-8-20/h2-4,7-8,11-13,15-17,22,24H,5-6,9-10,14,18-19H2,1H3. The Morgan fingerprint density at radius 2 is 1.82 bits per heavy atom. The van der Waals surface area contributed by atoms with Crippen LogP contribution in [0, 0.1) is 0 Å². The molecule has 3 aromatic rings. The lowest BCUT2D eigenvalue weighted by molar-refractivity contribution is -0.117. The number of rotatable bonds is 8. The Kier molecular flexibility index (Phi) is 6.65. The van der Waals surface area contributed by atoms with Crippen molar-refractivity contribution in [2.45, 2.75) is 50.7 Å². The van der Waals surface area contributed by atoms with Crippen molar-refractivity contribution in [3.63, 3.8) is 0 Å². The van der Waals surface area contributed by atoms with E-state index in [4.69, 9.17) is 14.2 Å². The van der Waals surface area contributed by atoms with Crippen molar-refractivity contribution >= 4 is 11.6 Å². The Labute approximate surface area is 200 Å². The van der Waals surface area contributed by atoms with Crippen molar-refractivity contribution in [2.75, 3.05) is 18.6 Å². The molecule has 1 saturated carbocycles. The van der Waals surface area contributed by atoms with Gasteiger partial charge in [0.2, 0.25) is 5.91 Å². The Morgan fingerprint density at radius 3 is 2.62 bits per heavy atom. The van der Waals surface area contributed by atoms with E-state index >= 15 is 0 Å². The van der Waals surface area contributed by atoms with Crippen molar-refractivity contribution < 1.29 is 19.0 Å². The van der Waals surface area contributed by atoms with Crippen LogP contribution in [0.25, 0.3) is 0 Å². The number of pyridine rings is 1. The molecule has 1 unspecified atom stereocenters. The molecule has 0 bridgehead atoms. The summed E-state index contributed by atoms with van der Waals surface area (Å²) < 4.78 is 17.7. The van der Waals surface area contributed by atoms with Crippen LogP contribution in [-0.2, 0) is 11.4 Å². The van der Waals surface area contributed by atoms with E-state index in [1.165, 1.54) is 12.8 Å². The maximum Gasteiger partial charge on any atom is 0.227 e. The third-order valence-corrected chi connectivity index (χ3v) is 6.64. The summed E-state index contributed by atoms with van der Waals surface area (Å²) in [6.07, 6.45) is 8.68. The van der Waals surface area contributed by atoms with Crippen molar-refractivity contribution in [3.8, 4) is 17.2 Å². The number of benzene rings is 2. The van der Waals surface area contributed by atoms with E-state index in [-0.39, 0.29) is 17.9 Å². The highest BCUT2D eigenvalue weighted by atomic mass is 16.5. The van der Waals surface area contributed by atoms with Crippen LogP contribution in [0.15, 0.2) is 67.0 Å². The summed E-state index contributed by atoms with van der Waals surface area (Å²) in [6.45, 7) is 1.05. The molecule has 6 heteroatoms. The van der Waals surface area contributed by atoms with Gasteiger partial charge >= 0.3 is 0 Å². The lowest BCUT2D eigenvalue weighted by atomic mass is 9.98. The highest BCUT2D eigenvalue weighted by Crippen LogP contribution is 2.38. The number of hydrogen-bond acceptors (Lipinski definition) is 5. The molecule has 1 atom stereocenters. The molecule has 5 rings (SSSR count). The maximum atomic E-state index is 12.9. The monoisotopic (exact) mass is 458 g/mol. The van der Waals surface area contributed by atoms with Gasteiger partial charge in [-0.2, -0.15) is 0 Å². The van der Waals surface area contributed by atoms with E-state index < -0.39 is 0 Å². The predicted octanol–water partition coefficient (Wildman–Crippen LogP) is 5.51. The first-order chi connectivity index (χ1) is 16.7. The van der Waals surface area contributed by atoms with Crippen LogP contribution in [0.2, 0.25) is 0 Å². The summed E-state index contributed by atoms with van der Waals surface area (Å²) >= 11 is 0. The number of hydrogen-bond donors (Lipinski definition) is 0. The average Bonchev–Trinajstić information content (AvgIpc) is 3.53. The van der Waals surface area contributed by atoms with Gasteiger partial charge in [-0.05, 0) is 48.9 Å². The van der Waals surface area contributed by atoms with Crippen molar-refractivity contribution in [1.82, 2.24) is 4.98 Å². The Morgan fingerprint density at radius 1 is 1.00 bits per heavy atom. The van der Waals surface area contributed by atoms with E-state index in [2.05, 4.69) is 11.1 Å². The van der Waals surface area contributed by atoms with Gasteiger partial charge < -0.3 is 19.1 Å². The third kappa shape index (κ3) is 5.01. The molecule has 6 nitrogen and oxygen atoms in total. The molecule has 2 fully saturated rings. The fraction of sp³-hybridized carbons (Fsp3) is 0.357. The van der Waals surface area contributed by atoms with E-state index in [1.807, 2.05) is 48.5 Å². The molecule has 0 radical (unpaired) electrons. The summed E-state index contributed by atoms with van der Waals surface area (Å²) in [7, 11) is 1.66. The van der Waals surface area contributed by atoms with E-state index in [0.717, 1.165) is 41.2 Å². The second-order valence-corrected chi connectivity index (χ2v) is 8.99. The second kappa shape index (κ2) is 10.2. The first-order valence-electron chi connectivity index (χ1n) is 12.0. The molecule has 0 spiro atoms. The molecule has 2 aromatic carbocycles. The maximum absolute atomic E-state index is 12.9. The molecule has 2 aliphatic rings. The summed E-state index contributed by atoms with van der Waals surface area (Å²) in [4.78, 5) is 19.1. The highest BCUT2D eigenvalue weighted by Gasteiger charge is 2.32. The lowest BCUT2D eigenvalue weighted by Crippen LogP contribution is -2.24. The summed E-state index contributed by atoms with van der Waals surface area (Å²) in [5, 5.41) is 0. The smallest absolute Gasteiger partial charge is 0.227 e. The van der Waals surface area contributed by atoms with Crippen molar-refractivity contribution in [2.24, 2.45) is 0 Å². The number of amides is 1. The molecule has 1 aliphatic heterocycles. The Bertz CT molecular complexity index is 1130. The topological polar surface area (TPSA) is 60.9 Å². The zero-order chi connectivity index (χ0) is 23.3. The number of carbonyl (C=O) groups is 1. The van der Waals surface area contributed by atoms with Gasteiger partial charge in [0, 0.05) is 24.9 Å². The minimum absolute atomic E-state index is 0.0817. The molecule has 1 saturated heterocycles. The zero-order valence-electron chi connectivity index (χ0n) is 19.5. The van der Waals surface area contributed by atoms with Gasteiger partial charge in [0.1, 0.15) is 12.4 Å². The number of nitrogens with zero attached hydrogens (tertiary/aromatic N) is 2. The fourth-order valence-corrected chi connectivity index (χ4v) is 4.78. The van der Waals surface area contributed by atoms with E-state index in [1.54, 1.807) is 24.4 Å². The average molecular weight is 459 g/mol. The van der Waals surface area contributed by atoms with E-state index in [0.29, 0.717) is 25.3 Å². The van der Waals surface area contributed by atoms with Crippen LogP contribution in [0.5, 0.6) is 17.2 Å². The fourth-order valence-electron chi connectivity index (χ4n) is 4.78. The SMILES string of the molecule is COc1ccc(C2CC(=O)N(c3cncc(OCc4ccccc4)c3)C2)cc1OC1CCCC1. The molecular formula is C28H30N2O4. The van der Waals surface area contributed by atoms with Crippen molar-refractivity contribution in [3.05, 3.63) is 78.1 Å². The van der Waals surface area contributed by atoms with Gasteiger partial charge in [-0.1, -0.05) is 36.4 Å². The van der Waals surface area contributed by atoms with Crippen molar-refractivity contribution in [1.29, 1.82) is 0 Å². The van der Waals surface area contributed by atoms with Crippen LogP contribution >= 0.6 is 0 Å². The second-order valence-electron chi connectivity index (χ2n) is 8.99. The molecular weight excluding hydrogens is 428 g/mol.